The van der Waals surface area contributed by atoms with Gasteiger partial charge in [0.1, 0.15) is 0 Å². The molecule has 0 saturated heterocycles. The van der Waals surface area contributed by atoms with E-state index in [0.717, 1.165) is 5.75 Å². The molecule has 47 valence electrons. The van der Waals surface area contributed by atoms with Crippen molar-refractivity contribution in [3.63, 3.8) is 0 Å². The second-order valence-electron chi connectivity index (χ2n) is 1.81. The first-order valence-electron chi connectivity index (χ1n) is 2.74. The maximum absolute atomic E-state index is 9.65. The molecule has 0 rings (SSSR count). The van der Waals surface area contributed by atoms with E-state index in [9.17, 15) is 4.79 Å². The fourth-order valence-corrected chi connectivity index (χ4v) is 1.01. The molecule has 0 fully saturated rings. The zero-order valence-corrected chi connectivity index (χ0v) is 6.12. The van der Waals surface area contributed by atoms with Crippen LogP contribution in [-0.2, 0) is 4.79 Å². The predicted octanol–water partition coefficient (Wildman–Crippen LogP) is 1.63. The molecule has 0 spiro atoms. The highest BCUT2D eigenvalue weighted by Gasteiger charge is 1.91. The lowest BCUT2D eigenvalue weighted by molar-refractivity contribution is 0.554. The fourth-order valence-electron chi connectivity index (χ4n) is 0.336. The van der Waals surface area contributed by atoms with Crippen LogP contribution in [0.4, 0.5) is 0 Å². The highest BCUT2D eigenvalue weighted by molar-refractivity contribution is 7.99. The number of hydrogen-bond donors (Lipinski definition) is 0. The van der Waals surface area contributed by atoms with Crippen molar-refractivity contribution in [2.24, 2.45) is 0 Å². The van der Waals surface area contributed by atoms with E-state index in [1.165, 1.54) is 0 Å². The molecule has 0 bridgehead atoms. The monoisotopic (exact) mass is 131 g/mol. The van der Waals surface area contributed by atoms with Crippen LogP contribution in [0.5, 0.6) is 0 Å². The van der Waals surface area contributed by atoms with Gasteiger partial charge in [-0.2, -0.15) is 11.8 Å². The lowest BCUT2D eigenvalue weighted by atomic mass is 10.6. The van der Waals surface area contributed by atoms with Crippen molar-refractivity contribution in [3.05, 3.63) is 0 Å². The number of thioether (sulfide) groups is 1. The molecular weight excluding hydrogens is 120 g/mol. The Labute approximate surface area is 54.8 Å². The Morgan fingerprint density at radius 1 is 1.62 bits per heavy atom. The summed E-state index contributed by atoms with van der Waals surface area (Å²) in [6.45, 7) is 4.24. The Bertz CT molecular complexity index is 61.5. The Morgan fingerprint density at radius 3 is 2.62 bits per heavy atom. The van der Waals surface area contributed by atoms with E-state index in [1.54, 1.807) is 11.8 Å². The lowest BCUT2D eigenvalue weighted by Gasteiger charge is -1.98. The first-order valence-corrected chi connectivity index (χ1v) is 3.79. The second-order valence-corrected chi connectivity index (χ2v) is 3.50. The van der Waals surface area contributed by atoms with Crippen molar-refractivity contribution in [1.82, 2.24) is 0 Å². The molecule has 2 heteroatoms. The van der Waals surface area contributed by atoms with Gasteiger partial charge >= 0.3 is 0 Å². The molecule has 0 aromatic heterocycles. The van der Waals surface area contributed by atoms with Gasteiger partial charge in [-0.25, -0.2) is 0 Å². The largest absolute Gasteiger partial charge is 0.291 e. The smallest absolute Gasteiger partial charge is 0.199 e. The Balaban J connectivity index is 2.81. The number of hydrogen-bond acceptors (Lipinski definition) is 2. The van der Waals surface area contributed by atoms with Crippen LogP contribution in [0.25, 0.3) is 0 Å². The molecule has 0 atom stereocenters. The molecule has 0 aromatic rings. The maximum atomic E-state index is 9.65. The van der Waals surface area contributed by atoms with E-state index >= 15 is 0 Å². The molecule has 0 aromatic carbocycles. The van der Waals surface area contributed by atoms with Crippen LogP contribution in [-0.4, -0.2) is 17.3 Å². The Morgan fingerprint density at radius 2 is 2.25 bits per heavy atom. The first-order chi connectivity index (χ1) is 3.77. The topological polar surface area (TPSA) is 17.1 Å². The quantitative estimate of drug-likeness (QED) is 0.539. The van der Waals surface area contributed by atoms with Crippen molar-refractivity contribution >= 4 is 18.0 Å². The third-order valence-corrected chi connectivity index (χ3v) is 1.76. The van der Waals surface area contributed by atoms with Crippen molar-refractivity contribution in [1.29, 1.82) is 0 Å². The zero-order valence-electron chi connectivity index (χ0n) is 5.31. The second kappa shape index (κ2) is 5.16. The molecule has 8 heavy (non-hydrogen) atoms. The summed E-state index contributed by atoms with van der Waals surface area (Å²) in [7, 11) is 0. The first kappa shape index (κ1) is 8.02. The molecular formula is C6H11OS. The minimum atomic E-state index is 0.572. The van der Waals surface area contributed by atoms with Crippen molar-refractivity contribution in [2.75, 3.05) is 5.75 Å². The minimum absolute atomic E-state index is 0.572. The summed E-state index contributed by atoms with van der Waals surface area (Å²) in [6.07, 6.45) is 2.42. The predicted molar refractivity (Wildman–Crippen MR) is 37.9 cm³/mol. The van der Waals surface area contributed by atoms with Gasteiger partial charge in [-0.3, -0.25) is 4.79 Å². The fraction of sp³-hybridized carbons (Fsp3) is 0.833. The molecule has 0 heterocycles. The van der Waals surface area contributed by atoms with Gasteiger partial charge < -0.3 is 0 Å². The highest BCUT2D eigenvalue weighted by atomic mass is 32.2. The van der Waals surface area contributed by atoms with Crippen LogP contribution in [0.2, 0.25) is 0 Å². The van der Waals surface area contributed by atoms with E-state index < -0.39 is 0 Å². The van der Waals surface area contributed by atoms with Gasteiger partial charge in [-0.15, -0.1) is 0 Å². The van der Waals surface area contributed by atoms with Crippen LogP contribution in [0.3, 0.4) is 0 Å². The average Bonchev–Trinajstić information content (AvgIpc) is 1.66. The molecule has 1 radical (unpaired) electrons. The molecule has 0 unspecified atom stereocenters. The van der Waals surface area contributed by atoms with Gasteiger partial charge in [-0.05, 0) is 5.25 Å². The Kier molecular flexibility index (Phi) is 5.18. The molecule has 0 amide bonds. The molecule has 0 aliphatic heterocycles. The lowest BCUT2D eigenvalue weighted by Crippen LogP contribution is -1.89. The molecule has 0 aliphatic rings. The summed E-state index contributed by atoms with van der Waals surface area (Å²) < 4.78 is 0. The molecule has 1 nitrogen and oxygen atoms in total. The average molecular weight is 131 g/mol. The van der Waals surface area contributed by atoms with Crippen LogP contribution < -0.4 is 0 Å². The van der Waals surface area contributed by atoms with E-state index in [2.05, 4.69) is 13.8 Å². The minimum Gasteiger partial charge on any atom is -0.291 e. The van der Waals surface area contributed by atoms with Crippen molar-refractivity contribution in [2.45, 2.75) is 25.5 Å². The normalized spacial score (nSPS) is 9.88. The third-order valence-electron chi connectivity index (χ3n) is 0.655. The summed E-state index contributed by atoms with van der Waals surface area (Å²) in [4.78, 5) is 9.65. The van der Waals surface area contributed by atoms with Gasteiger partial charge in [0.05, 0.1) is 0 Å². The van der Waals surface area contributed by atoms with Gasteiger partial charge in [0.25, 0.3) is 0 Å². The van der Waals surface area contributed by atoms with Gasteiger partial charge in [-0.1, -0.05) is 13.8 Å². The summed E-state index contributed by atoms with van der Waals surface area (Å²) in [5, 5.41) is 0.642. The number of rotatable bonds is 4. The summed E-state index contributed by atoms with van der Waals surface area (Å²) in [5.74, 6) is 0.918. The molecule has 0 aliphatic carbocycles. The van der Waals surface area contributed by atoms with Gasteiger partial charge in [0.2, 0.25) is 0 Å². The van der Waals surface area contributed by atoms with Gasteiger partial charge in [0.15, 0.2) is 6.29 Å². The molecule has 0 saturated carbocycles. The highest BCUT2D eigenvalue weighted by Crippen LogP contribution is 2.08. The van der Waals surface area contributed by atoms with E-state index in [1.807, 2.05) is 6.29 Å². The van der Waals surface area contributed by atoms with Crippen LogP contribution >= 0.6 is 11.8 Å². The van der Waals surface area contributed by atoms with E-state index in [0.29, 0.717) is 11.7 Å². The Hall–Kier alpha value is 0.0200. The standard InChI is InChI=1S/C6H11OS/c1-6(2)8-5-3-4-7/h6H,3,5H2,1-2H3. The summed E-state index contributed by atoms with van der Waals surface area (Å²) in [5.41, 5.74) is 0. The third kappa shape index (κ3) is 6.02. The van der Waals surface area contributed by atoms with Crippen LogP contribution in [0.1, 0.15) is 20.3 Å². The maximum Gasteiger partial charge on any atom is 0.199 e. The van der Waals surface area contributed by atoms with Gasteiger partial charge in [0, 0.05) is 12.2 Å². The van der Waals surface area contributed by atoms with Crippen LogP contribution in [0, 0.1) is 0 Å². The van der Waals surface area contributed by atoms with E-state index in [-0.39, 0.29) is 0 Å². The SMILES string of the molecule is CC(C)SCC[C]=O. The molecule has 0 N–H and O–H groups in total. The van der Waals surface area contributed by atoms with Crippen LogP contribution in [0.15, 0.2) is 0 Å². The van der Waals surface area contributed by atoms with Crippen molar-refractivity contribution < 1.29 is 4.79 Å². The summed E-state index contributed by atoms with van der Waals surface area (Å²) >= 11 is 1.79. The zero-order chi connectivity index (χ0) is 6.41. The number of carbonyl (C=O) groups excluding carboxylic acids is 1. The van der Waals surface area contributed by atoms with E-state index in [4.69, 9.17) is 0 Å². The summed E-state index contributed by atoms with van der Waals surface area (Å²) in [6, 6.07) is 0. The van der Waals surface area contributed by atoms with Crippen molar-refractivity contribution in [3.8, 4) is 0 Å².